The summed E-state index contributed by atoms with van der Waals surface area (Å²) in [5.74, 6) is 1.61. The minimum absolute atomic E-state index is 0.0205. The average molecular weight is 321 g/mol. The number of thioether (sulfide) groups is 1. The van der Waals surface area contributed by atoms with Crippen LogP contribution in [0.2, 0.25) is 0 Å². The minimum atomic E-state index is -0.111. The number of amidine groups is 1. The number of hydrogen-bond donors (Lipinski definition) is 1. The number of hydrogen-bond acceptors (Lipinski definition) is 6. The molecule has 2 rings (SSSR count). The summed E-state index contributed by atoms with van der Waals surface area (Å²) in [6.07, 6.45) is 1.57. The van der Waals surface area contributed by atoms with E-state index in [0.29, 0.717) is 16.7 Å². The first-order valence-electron chi connectivity index (χ1n) is 6.85. The summed E-state index contributed by atoms with van der Waals surface area (Å²) < 4.78 is 10.4. The molecule has 22 heavy (non-hydrogen) atoms. The predicted octanol–water partition coefficient (Wildman–Crippen LogP) is 2.28. The van der Waals surface area contributed by atoms with Gasteiger partial charge in [0.25, 0.3) is 0 Å². The summed E-state index contributed by atoms with van der Waals surface area (Å²) in [5.41, 5.74) is 0.751. The Morgan fingerprint density at radius 2 is 2.09 bits per heavy atom. The zero-order valence-electron chi connectivity index (χ0n) is 13.0. The fraction of sp³-hybridized carbons (Fsp3) is 0.400. The van der Waals surface area contributed by atoms with E-state index in [1.165, 1.54) is 11.8 Å². The average Bonchev–Trinajstić information content (AvgIpc) is 2.88. The number of methoxy groups -OCH3 is 2. The van der Waals surface area contributed by atoms with Gasteiger partial charge in [0.05, 0.1) is 25.7 Å². The Morgan fingerprint density at radius 1 is 1.32 bits per heavy atom. The molecule has 6 nitrogen and oxygen atoms in total. The maximum Gasteiger partial charge on any atom is 0.239 e. The Labute approximate surface area is 134 Å². The summed E-state index contributed by atoms with van der Waals surface area (Å²) in [6, 6.07) is 5.41. The third-order valence-corrected chi connectivity index (χ3v) is 4.53. The SMILES string of the molecule is COc1ccc(OC)c(C=N/N=C2\NC(=O)C(C(C)C)S2)c1. The van der Waals surface area contributed by atoms with Crippen LogP contribution in [-0.2, 0) is 4.79 Å². The molecule has 118 valence electrons. The van der Waals surface area contributed by atoms with Crippen molar-refractivity contribution in [1.29, 1.82) is 0 Å². The number of carbonyl (C=O) groups is 1. The van der Waals surface area contributed by atoms with Crippen molar-refractivity contribution in [3.8, 4) is 11.5 Å². The Balaban J connectivity index is 2.13. The molecule has 1 unspecified atom stereocenters. The normalized spacial score (nSPS) is 20.0. The first-order valence-corrected chi connectivity index (χ1v) is 7.73. The molecule has 0 spiro atoms. The van der Waals surface area contributed by atoms with Gasteiger partial charge in [0.15, 0.2) is 5.17 Å². The predicted molar refractivity (Wildman–Crippen MR) is 88.9 cm³/mol. The van der Waals surface area contributed by atoms with Gasteiger partial charge in [-0.2, -0.15) is 5.10 Å². The number of nitrogens with zero attached hydrogens (tertiary/aromatic N) is 2. The number of rotatable bonds is 5. The number of carbonyl (C=O) groups excluding carboxylic acids is 1. The first kappa shape index (κ1) is 16.4. The van der Waals surface area contributed by atoms with Crippen molar-refractivity contribution in [2.24, 2.45) is 16.1 Å². The molecule has 0 aromatic heterocycles. The van der Waals surface area contributed by atoms with Crippen LogP contribution < -0.4 is 14.8 Å². The molecule has 1 N–H and O–H groups in total. The molecule has 7 heteroatoms. The standard InChI is InChI=1S/C15H19N3O3S/c1-9(2)13-14(19)17-15(22-13)18-16-8-10-7-11(20-3)5-6-12(10)21-4/h5-9,13H,1-4H3,(H,17,18,19). The van der Waals surface area contributed by atoms with Gasteiger partial charge in [0.1, 0.15) is 11.5 Å². The van der Waals surface area contributed by atoms with Crippen LogP contribution in [0.25, 0.3) is 0 Å². The van der Waals surface area contributed by atoms with E-state index in [1.54, 1.807) is 32.6 Å². The topological polar surface area (TPSA) is 72.3 Å². The van der Waals surface area contributed by atoms with Gasteiger partial charge < -0.3 is 14.8 Å². The fourth-order valence-electron chi connectivity index (χ4n) is 1.95. The monoisotopic (exact) mass is 321 g/mol. The van der Waals surface area contributed by atoms with Gasteiger partial charge in [-0.15, -0.1) is 5.10 Å². The van der Waals surface area contributed by atoms with E-state index < -0.39 is 0 Å². The Hall–Kier alpha value is -2.02. The number of amides is 1. The lowest BCUT2D eigenvalue weighted by atomic mass is 10.1. The fourth-order valence-corrected chi connectivity index (χ4v) is 2.88. The number of ether oxygens (including phenoxy) is 2. The van der Waals surface area contributed by atoms with Crippen molar-refractivity contribution in [1.82, 2.24) is 5.32 Å². The highest BCUT2D eigenvalue weighted by molar-refractivity contribution is 8.15. The highest BCUT2D eigenvalue weighted by Crippen LogP contribution is 2.26. The number of benzene rings is 1. The maximum absolute atomic E-state index is 11.7. The van der Waals surface area contributed by atoms with Crippen LogP contribution in [0.1, 0.15) is 19.4 Å². The quantitative estimate of drug-likeness (QED) is 0.667. The zero-order chi connectivity index (χ0) is 16.1. The molecule has 1 amide bonds. The molecule has 0 bridgehead atoms. The minimum Gasteiger partial charge on any atom is -0.497 e. The molecule has 0 aliphatic carbocycles. The van der Waals surface area contributed by atoms with E-state index >= 15 is 0 Å². The van der Waals surface area contributed by atoms with E-state index in [1.807, 2.05) is 19.9 Å². The number of nitrogens with one attached hydrogen (secondary N) is 1. The Bertz CT molecular complexity index is 614. The van der Waals surface area contributed by atoms with Crippen LogP contribution >= 0.6 is 11.8 Å². The lowest BCUT2D eigenvalue weighted by Crippen LogP contribution is -2.27. The van der Waals surface area contributed by atoms with Crippen molar-refractivity contribution in [3.63, 3.8) is 0 Å². The zero-order valence-corrected chi connectivity index (χ0v) is 13.8. The molecule has 1 aliphatic rings. The molecule has 1 aromatic rings. The first-order chi connectivity index (χ1) is 10.5. The summed E-state index contributed by atoms with van der Waals surface area (Å²) in [4.78, 5) is 11.7. The van der Waals surface area contributed by atoms with Crippen LogP contribution in [0.15, 0.2) is 28.4 Å². The molecule has 0 saturated carbocycles. The van der Waals surface area contributed by atoms with Crippen LogP contribution in [0.4, 0.5) is 0 Å². The van der Waals surface area contributed by atoms with Crippen LogP contribution in [-0.4, -0.2) is 36.8 Å². The van der Waals surface area contributed by atoms with Gasteiger partial charge in [0, 0.05) is 5.56 Å². The second-order valence-corrected chi connectivity index (χ2v) is 6.16. The second kappa shape index (κ2) is 7.31. The van der Waals surface area contributed by atoms with Crippen LogP contribution in [0.3, 0.4) is 0 Å². The van der Waals surface area contributed by atoms with Gasteiger partial charge in [-0.3, -0.25) is 4.79 Å². The molecular weight excluding hydrogens is 302 g/mol. The lowest BCUT2D eigenvalue weighted by molar-refractivity contribution is -0.119. The van der Waals surface area contributed by atoms with Gasteiger partial charge in [-0.1, -0.05) is 25.6 Å². The third-order valence-electron chi connectivity index (χ3n) is 3.11. The van der Waals surface area contributed by atoms with Crippen molar-refractivity contribution in [2.45, 2.75) is 19.1 Å². The van der Waals surface area contributed by atoms with Crippen molar-refractivity contribution in [2.75, 3.05) is 14.2 Å². The van der Waals surface area contributed by atoms with Crippen molar-refractivity contribution < 1.29 is 14.3 Å². The smallest absolute Gasteiger partial charge is 0.239 e. The Kier molecular flexibility index (Phi) is 5.43. The molecule has 1 atom stereocenters. The van der Waals surface area contributed by atoms with Gasteiger partial charge in [-0.05, 0) is 24.1 Å². The summed E-state index contributed by atoms with van der Waals surface area (Å²) in [6.45, 7) is 4.01. The van der Waals surface area contributed by atoms with Crippen LogP contribution in [0.5, 0.6) is 11.5 Å². The molecule has 1 heterocycles. The van der Waals surface area contributed by atoms with E-state index in [-0.39, 0.29) is 17.1 Å². The van der Waals surface area contributed by atoms with E-state index in [9.17, 15) is 4.79 Å². The molecule has 0 radical (unpaired) electrons. The van der Waals surface area contributed by atoms with E-state index in [4.69, 9.17) is 9.47 Å². The van der Waals surface area contributed by atoms with Gasteiger partial charge in [0.2, 0.25) is 5.91 Å². The molecule has 1 saturated heterocycles. The Morgan fingerprint density at radius 3 is 2.68 bits per heavy atom. The van der Waals surface area contributed by atoms with Crippen molar-refractivity contribution in [3.05, 3.63) is 23.8 Å². The van der Waals surface area contributed by atoms with Gasteiger partial charge in [-0.25, -0.2) is 0 Å². The summed E-state index contributed by atoms with van der Waals surface area (Å²) in [5, 5.41) is 11.2. The molecule has 1 fully saturated rings. The second-order valence-electron chi connectivity index (χ2n) is 5.03. The molecule has 1 aromatic carbocycles. The maximum atomic E-state index is 11.7. The van der Waals surface area contributed by atoms with E-state index in [2.05, 4.69) is 15.5 Å². The summed E-state index contributed by atoms with van der Waals surface area (Å²) in [7, 11) is 3.19. The lowest BCUT2D eigenvalue weighted by Gasteiger charge is -2.07. The van der Waals surface area contributed by atoms with Crippen LogP contribution in [0, 0.1) is 5.92 Å². The highest BCUT2D eigenvalue weighted by Gasteiger charge is 2.32. The highest BCUT2D eigenvalue weighted by atomic mass is 32.2. The third kappa shape index (κ3) is 3.79. The molecular formula is C15H19N3O3S. The largest absolute Gasteiger partial charge is 0.497 e. The van der Waals surface area contributed by atoms with E-state index in [0.717, 1.165) is 5.56 Å². The summed E-state index contributed by atoms with van der Waals surface area (Å²) >= 11 is 1.40. The molecule has 1 aliphatic heterocycles. The van der Waals surface area contributed by atoms with Gasteiger partial charge >= 0.3 is 0 Å². The van der Waals surface area contributed by atoms with Crippen molar-refractivity contribution >= 4 is 29.1 Å².